The van der Waals surface area contributed by atoms with Crippen LogP contribution in [-0.2, 0) is 7.05 Å². The van der Waals surface area contributed by atoms with E-state index in [1.54, 1.807) is 20.9 Å². The maximum atomic E-state index is 12.0. The molecule has 0 aliphatic carbocycles. The minimum atomic E-state index is -0.519. The summed E-state index contributed by atoms with van der Waals surface area (Å²) in [5.74, 6) is 0.296. The van der Waals surface area contributed by atoms with Crippen molar-refractivity contribution in [2.24, 2.45) is 7.05 Å². The third-order valence-electron chi connectivity index (χ3n) is 2.22. The van der Waals surface area contributed by atoms with Crippen molar-refractivity contribution < 1.29 is 0 Å². The SMILES string of the molecule is CC(C)n1c(=O)nc(NC(C)(C)C)n(C)c1=O. The fraction of sp³-hybridized carbons (Fsp3) is 0.727. The van der Waals surface area contributed by atoms with Gasteiger partial charge >= 0.3 is 11.4 Å². The van der Waals surface area contributed by atoms with Crippen molar-refractivity contribution in [2.45, 2.75) is 46.2 Å². The highest BCUT2D eigenvalue weighted by atomic mass is 16.2. The van der Waals surface area contributed by atoms with Crippen LogP contribution in [0.25, 0.3) is 0 Å². The molecular weight excluding hydrogens is 220 g/mol. The fourth-order valence-electron chi connectivity index (χ4n) is 1.44. The maximum Gasteiger partial charge on any atom is 0.355 e. The van der Waals surface area contributed by atoms with Gasteiger partial charge in [0.05, 0.1) is 0 Å². The zero-order valence-electron chi connectivity index (χ0n) is 11.2. The summed E-state index contributed by atoms with van der Waals surface area (Å²) >= 11 is 0. The van der Waals surface area contributed by atoms with Crippen molar-refractivity contribution >= 4 is 5.95 Å². The van der Waals surface area contributed by atoms with Gasteiger partial charge in [-0.05, 0) is 34.6 Å². The second-order valence-corrected chi connectivity index (χ2v) is 5.40. The predicted octanol–water partition coefficient (Wildman–Crippen LogP) is 0.733. The summed E-state index contributed by atoms with van der Waals surface area (Å²) in [6.07, 6.45) is 0. The molecule has 0 bridgehead atoms. The van der Waals surface area contributed by atoms with Gasteiger partial charge in [0.2, 0.25) is 5.95 Å². The van der Waals surface area contributed by atoms with E-state index in [1.807, 2.05) is 20.8 Å². The Kier molecular flexibility index (Phi) is 3.45. The van der Waals surface area contributed by atoms with Gasteiger partial charge in [-0.2, -0.15) is 4.98 Å². The number of hydrogen-bond acceptors (Lipinski definition) is 4. The van der Waals surface area contributed by atoms with Crippen LogP contribution >= 0.6 is 0 Å². The molecule has 1 heterocycles. The molecule has 1 aromatic heterocycles. The molecule has 17 heavy (non-hydrogen) atoms. The Morgan fingerprint density at radius 3 is 2.18 bits per heavy atom. The Hall–Kier alpha value is -1.59. The second kappa shape index (κ2) is 4.35. The van der Waals surface area contributed by atoms with Crippen LogP contribution < -0.4 is 16.7 Å². The van der Waals surface area contributed by atoms with Gasteiger partial charge < -0.3 is 5.32 Å². The zero-order chi connectivity index (χ0) is 13.4. The van der Waals surface area contributed by atoms with Crippen molar-refractivity contribution in [2.75, 3.05) is 5.32 Å². The maximum absolute atomic E-state index is 12.0. The molecule has 1 rings (SSSR count). The van der Waals surface area contributed by atoms with Crippen LogP contribution in [0.15, 0.2) is 9.59 Å². The van der Waals surface area contributed by atoms with Crippen LogP contribution in [-0.4, -0.2) is 19.7 Å². The van der Waals surface area contributed by atoms with Gasteiger partial charge in [0, 0.05) is 18.6 Å². The minimum Gasteiger partial charge on any atom is -0.351 e. The summed E-state index contributed by atoms with van der Waals surface area (Å²) in [7, 11) is 1.60. The normalized spacial score (nSPS) is 11.9. The fourth-order valence-corrected chi connectivity index (χ4v) is 1.44. The van der Waals surface area contributed by atoms with Crippen LogP contribution in [0.5, 0.6) is 0 Å². The summed E-state index contributed by atoms with van der Waals surface area (Å²) < 4.78 is 2.49. The number of nitrogens with one attached hydrogen (secondary N) is 1. The van der Waals surface area contributed by atoms with Gasteiger partial charge in [-0.15, -0.1) is 0 Å². The van der Waals surface area contributed by atoms with Crippen molar-refractivity contribution in [3.05, 3.63) is 21.0 Å². The first-order valence-electron chi connectivity index (χ1n) is 5.61. The van der Waals surface area contributed by atoms with Gasteiger partial charge in [-0.3, -0.25) is 4.57 Å². The summed E-state index contributed by atoms with van der Waals surface area (Å²) in [6.45, 7) is 9.37. The van der Waals surface area contributed by atoms with Crippen molar-refractivity contribution in [1.29, 1.82) is 0 Å². The van der Waals surface area contributed by atoms with Crippen LogP contribution in [0.2, 0.25) is 0 Å². The number of anilines is 1. The number of hydrogen-bond donors (Lipinski definition) is 1. The zero-order valence-corrected chi connectivity index (χ0v) is 11.2. The van der Waals surface area contributed by atoms with E-state index in [2.05, 4.69) is 10.3 Å². The van der Waals surface area contributed by atoms with E-state index in [0.29, 0.717) is 5.95 Å². The molecule has 0 aromatic carbocycles. The molecule has 0 radical (unpaired) electrons. The number of aromatic nitrogens is 3. The van der Waals surface area contributed by atoms with Gasteiger partial charge in [0.1, 0.15) is 0 Å². The Morgan fingerprint density at radius 2 is 1.76 bits per heavy atom. The Labute approximate surface area is 100 Å². The van der Waals surface area contributed by atoms with E-state index < -0.39 is 5.69 Å². The molecule has 0 aliphatic heterocycles. The molecule has 0 saturated heterocycles. The molecule has 1 aromatic rings. The van der Waals surface area contributed by atoms with Gasteiger partial charge in [0.15, 0.2) is 0 Å². The molecule has 1 N–H and O–H groups in total. The van der Waals surface area contributed by atoms with Crippen LogP contribution in [0.3, 0.4) is 0 Å². The average molecular weight is 240 g/mol. The summed E-state index contributed by atoms with van der Waals surface area (Å²) in [6, 6.07) is -0.197. The summed E-state index contributed by atoms with van der Waals surface area (Å²) in [5, 5.41) is 3.04. The Balaban J connectivity index is 3.41. The highest BCUT2D eigenvalue weighted by Gasteiger charge is 2.16. The summed E-state index contributed by atoms with van der Waals surface area (Å²) in [4.78, 5) is 27.6. The summed E-state index contributed by atoms with van der Waals surface area (Å²) in [5.41, 5.74) is -1.13. The van der Waals surface area contributed by atoms with Crippen LogP contribution in [0, 0.1) is 0 Å². The highest BCUT2D eigenvalue weighted by Crippen LogP contribution is 2.08. The smallest absolute Gasteiger partial charge is 0.351 e. The molecule has 96 valence electrons. The van der Waals surface area contributed by atoms with E-state index >= 15 is 0 Å². The van der Waals surface area contributed by atoms with E-state index in [9.17, 15) is 9.59 Å². The first-order chi connectivity index (χ1) is 7.63. The van der Waals surface area contributed by atoms with Gasteiger partial charge in [-0.25, -0.2) is 14.2 Å². The minimum absolute atomic E-state index is 0.197. The Bertz CT molecular complexity index is 520. The highest BCUT2D eigenvalue weighted by molar-refractivity contribution is 5.27. The third kappa shape index (κ3) is 2.95. The molecular formula is C11H20N4O2. The van der Waals surface area contributed by atoms with Crippen LogP contribution in [0.4, 0.5) is 5.95 Å². The van der Waals surface area contributed by atoms with E-state index in [1.165, 1.54) is 4.57 Å². The second-order valence-electron chi connectivity index (χ2n) is 5.40. The first-order valence-corrected chi connectivity index (χ1v) is 5.61. The molecule has 0 saturated carbocycles. The lowest BCUT2D eigenvalue weighted by Gasteiger charge is -2.23. The van der Waals surface area contributed by atoms with E-state index in [4.69, 9.17) is 0 Å². The molecule has 6 nitrogen and oxygen atoms in total. The van der Waals surface area contributed by atoms with Gasteiger partial charge in [-0.1, -0.05) is 0 Å². The molecule has 0 fully saturated rings. The monoisotopic (exact) mass is 240 g/mol. The van der Waals surface area contributed by atoms with Crippen molar-refractivity contribution in [3.63, 3.8) is 0 Å². The van der Waals surface area contributed by atoms with E-state index in [0.717, 1.165) is 4.57 Å². The molecule has 0 spiro atoms. The molecule has 0 atom stereocenters. The molecule has 0 aliphatic rings. The largest absolute Gasteiger partial charge is 0.355 e. The topological polar surface area (TPSA) is 68.9 Å². The molecule has 0 amide bonds. The standard InChI is InChI=1S/C11H20N4O2/c1-7(2)15-9(16)12-8(13-11(3,4)5)14(6)10(15)17/h7H,1-6H3,(H,12,13,16). The molecule has 6 heteroatoms. The number of nitrogens with zero attached hydrogens (tertiary/aromatic N) is 3. The van der Waals surface area contributed by atoms with E-state index in [-0.39, 0.29) is 17.3 Å². The predicted molar refractivity (Wildman–Crippen MR) is 67.5 cm³/mol. The van der Waals surface area contributed by atoms with Crippen molar-refractivity contribution in [3.8, 4) is 0 Å². The Morgan fingerprint density at radius 1 is 1.24 bits per heavy atom. The number of rotatable bonds is 2. The van der Waals surface area contributed by atoms with Crippen molar-refractivity contribution in [1.82, 2.24) is 14.1 Å². The van der Waals surface area contributed by atoms with Crippen LogP contribution in [0.1, 0.15) is 40.7 Å². The van der Waals surface area contributed by atoms with Gasteiger partial charge in [0.25, 0.3) is 0 Å². The molecule has 0 unspecified atom stereocenters. The lowest BCUT2D eigenvalue weighted by molar-refractivity contribution is 0.499. The average Bonchev–Trinajstić information content (AvgIpc) is 2.10. The lowest BCUT2D eigenvalue weighted by Crippen LogP contribution is -2.44. The third-order valence-corrected chi connectivity index (χ3v) is 2.22. The first kappa shape index (κ1) is 13.5. The lowest BCUT2D eigenvalue weighted by atomic mass is 10.1. The quantitative estimate of drug-likeness (QED) is 0.827.